The van der Waals surface area contributed by atoms with E-state index in [1.54, 1.807) is 12.3 Å². The summed E-state index contributed by atoms with van der Waals surface area (Å²) in [7, 11) is 0. The van der Waals surface area contributed by atoms with Crippen molar-refractivity contribution in [2.75, 3.05) is 6.61 Å². The molecule has 0 radical (unpaired) electrons. The first-order valence-electron chi connectivity index (χ1n) is 8.62. The van der Waals surface area contributed by atoms with Gasteiger partial charge < -0.3 is 9.47 Å². The molecule has 1 aromatic heterocycles. The topological polar surface area (TPSA) is 48.4 Å². The van der Waals surface area contributed by atoms with Crippen molar-refractivity contribution >= 4 is 22.9 Å². The van der Waals surface area contributed by atoms with E-state index in [0.717, 1.165) is 27.8 Å². The summed E-state index contributed by atoms with van der Waals surface area (Å²) in [5, 5.41) is 1.03. The van der Waals surface area contributed by atoms with Gasteiger partial charge in [0, 0.05) is 23.2 Å². The van der Waals surface area contributed by atoms with Crippen molar-refractivity contribution in [1.29, 1.82) is 0 Å². The van der Waals surface area contributed by atoms with Crippen LogP contribution in [-0.2, 0) is 9.53 Å². The zero-order valence-electron chi connectivity index (χ0n) is 14.9. The summed E-state index contributed by atoms with van der Waals surface area (Å²) in [6, 6.07) is 17.4. The molecule has 1 heterocycles. The van der Waals surface area contributed by atoms with Gasteiger partial charge in [-0.15, -0.1) is 0 Å². The van der Waals surface area contributed by atoms with Crippen molar-refractivity contribution in [3.63, 3.8) is 0 Å². The smallest absolute Gasteiger partial charge is 0.331 e. The normalized spacial score (nSPS) is 12.2. The molecule has 0 saturated heterocycles. The number of carbonyl (C=O) groups excluding carboxylic acids is 1. The minimum atomic E-state index is -0.389. The highest BCUT2D eigenvalue weighted by Crippen LogP contribution is 2.21. The number of aromatic nitrogens is 1. The first-order chi connectivity index (χ1) is 12.7. The van der Waals surface area contributed by atoms with Gasteiger partial charge in [-0.1, -0.05) is 30.3 Å². The Kier molecular flexibility index (Phi) is 5.64. The van der Waals surface area contributed by atoms with Crippen LogP contribution < -0.4 is 4.74 Å². The lowest BCUT2D eigenvalue weighted by molar-refractivity contribution is -0.142. The predicted molar refractivity (Wildman–Crippen MR) is 103 cm³/mol. The van der Waals surface area contributed by atoms with Crippen LogP contribution in [0.1, 0.15) is 31.1 Å². The van der Waals surface area contributed by atoms with Crippen molar-refractivity contribution in [3.8, 4) is 5.75 Å². The summed E-state index contributed by atoms with van der Waals surface area (Å²) in [5.41, 5.74) is 2.70. The minimum Gasteiger partial charge on any atom is -0.494 e. The second kappa shape index (κ2) is 8.30. The number of pyridine rings is 1. The molecule has 0 bridgehead atoms. The zero-order valence-corrected chi connectivity index (χ0v) is 14.9. The molecule has 0 N–H and O–H groups in total. The second-order valence-corrected chi connectivity index (χ2v) is 5.88. The summed E-state index contributed by atoms with van der Waals surface area (Å²) in [6.07, 6.45) is 4.53. The number of hydrogen-bond donors (Lipinski definition) is 0. The molecule has 0 aliphatic heterocycles. The van der Waals surface area contributed by atoms with Gasteiger partial charge in [-0.2, -0.15) is 0 Å². The third kappa shape index (κ3) is 4.48. The van der Waals surface area contributed by atoms with Crippen LogP contribution in [0, 0.1) is 0 Å². The van der Waals surface area contributed by atoms with Crippen LogP contribution in [0.5, 0.6) is 5.75 Å². The Labute approximate surface area is 153 Å². The van der Waals surface area contributed by atoms with Gasteiger partial charge in [0.2, 0.25) is 0 Å². The number of para-hydroxylation sites is 1. The van der Waals surface area contributed by atoms with E-state index in [0.29, 0.717) is 6.61 Å². The lowest BCUT2D eigenvalue weighted by atomic mass is 10.1. The van der Waals surface area contributed by atoms with E-state index in [1.807, 2.05) is 68.4 Å². The molecule has 0 aliphatic rings. The molecule has 0 spiro atoms. The Morgan fingerprint density at radius 2 is 1.92 bits per heavy atom. The van der Waals surface area contributed by atoms with Gasteiger partial charge in [0.05, 0.1) is 12.1 Å². The number of hydrogen-bond acceptors (Lipinski definition) is 4. The monoisotopic (exact) mass is 347 g/mol. The number of nitrogens with zero attached hydrogens (tertiary/aromatic N) is 1. The van der Waals surface area contributed by atoms with Crippen LogP contribution in [0.2, 0.25) is 0 Å². The van der Waals surface area contributed by atoms with E-state index in [4.69, 9.17) is 9.47 Å². The number of benzene rings is 2. The largest absolute Gasteiger partial charge is 0.494 e. The molecule has 2 aromatic carbocycles. The average Bonchev–Trinajstić information content (AvgIpc) is 2.67. The highest BCUT2D eigenvalue weighted by Gasteiger charge is 2.11. The Hall–Kier alpha value is -3.14. The highest BCUT2D eigenvalue weighted by molar-refractivity contribution is 5.87. The summed E-state index contributed by atoms with van der Waals surface area (Å²) < 4.78 is 10.9. The van der Waals surface area contributed by atoms with E-state index in [2.05, 4.69) is 4.98 Å². The lowest BCUT2D eigenvalue weighted by Crippen LogP contribution is -2.06. The van der Waals surface area contributed by atoms with Crippen molar-refractivity contribution < 1.29 is 14.3 Å². The lowest BCUT2D eigenvalue weighted by Gasteiger charge is -2.12. The Bertz CT molecular complexity index is 916. The molecule has 4 heteroatoms. The van der Waals surface area contributed by atoms with Crippen molar-refractivity contribution in [3.05, 3.63) is 78.0 Å². The van der Waals surface area contributed by atoms with Gasteiger partial charge in [0.15, 0.2) is 0 Å². The number of rotatable bonds is 6. The fraction of sp³-hybridized carbons (Fsp3) is 0.182. The molecular weight excluding hydrogens is 326 g/mol. The van der Waals surface area contributed by atoms with Crippen molar-refractivity contribution in [1.82, 2.24) is 4.98 Å². The summed E-state index contributed by atoms with van der Waals surface area (Å²) in [4.78, 5) is 16.5. The van der Waals surface area contributed by atoms with Gasteiger partial charge in [-0.25, -0.2) is 4.79 Å². The first-order valence-corrected chi connectivity index (χ1v) is 8.62. The Morgan fingerprint density at radius 3 is 2.69 bits per heavy atom. The standard InChI is InChI=1S/C22H21NO3/c1-3-25-20-11-8-17(9-12-20)10-13-22(24)26-16(2)19-14-18-6-4-5-7-21(18)23-15-19/h4-16H,3H2,1-2H3/b13-10+. The molecular formula is C22H21NO3. The van der Waals surface area contributed by atoms with Gasteiger partial charge in [-0.3, -0.25) is 4.98 Å². The fourth-order valence-corrected chi connectivity index (χ4v) is 2.60. The van der Waals surface area contributed by atoms with E-state index in [9.17, 15) is 4.79 Å². The Balaban J connectivity index is 1.62. The molecule has 3 rings (SSSR count). The maximum atomic E-state index is 12.1. The van der Waals surface area contributed by atoms with E-state index < -0.39 is 0 Å². The van der Waals surface area contributed by atoms with Crippen LogP contribution in [-0.4, -0.2) is 17.6 Å². The van der Waals surface area contributed by atoms with Crippen LogP contribution in [0.3, 0.4) is 0 Å². The maximum absolute atomic E-state index is 12.1. The van der Waals surface area contributed by atoms with E-state index in [-0.39, 0.29) is 12.1 Å². The number of fused-ring (bicyclic) bond motifs is 1. The molecule has 1 atom stereocenters. The summed E-state index contributed by atoms with van der Waals surface area (Å²) >= 11 is 0. The zero-order chi connectivity index (χ0) is 18.4. The third-order valence-corrected chi connectivity index (χ3v) is 3.98. The molecule has 26 heavy (non-hydrogen) atoms. The minimum absolute atomic E-state index is 0.371. The first kappa shape index (κ1) is 17.7. The maximum Gasteiger partial charge on any atom is 0.331 e. The van der Waals surface area contributed by atoms with E-state index in [1.165, 1.54) is 6.08 Å². The van der Waals surface area contributed by atoms with Gasteiger partial charge >= 0.3 is 5.97 Å². The molecule has 0 aliphatic carbocycles. The van der Waals surface area contributed by atoms with E-state index >= 15 is 0 Å². The average molecular weight is 347 g/mol. The quantitative estimate of drug-likeness (QED) is 0.467. The molecule has 0 fully saturated rings. The van der Waals surface area contributed by atoms with Crippen molar-refractivity contribution in [2.45, 2.75) is 20.0 Å². The molecule has 0 amide bonds. The summed E-state index contributed by atoms with van der Waals surface area (Å²) in [5.74, 6) is 0.421. The molecule has 0 saturated carbocycles. The van der Waals surface area contributed by atoms with Crippen LogP contribution in [0.15, 0.2) is 66.9 Å². The highest BCUT2D eigenvalue weighted by atomic mass is 16.5. The fourth-order valence-electron chi connectivity index (χ4n) is 2.60. The predicted octanol–water partition coefficient (Wildman–Crippen LogP) is 4.95. The van der Waals surface area contributed by atoms with Gasteiger partial charge in [-0.05, 0) is 49.8 Å². The molecule has 3 aromatic rings. The molecule has 1 unspecified atom stereocenters. The third-order valence-electron chi connectivity index (χ3n) is 3.98. The van der Waals surface area contributed by atoms with Crippen molar-refractivity contribution in [2.24, 2.45) is 0 Å². The van der Waals surface area contributed by atoms with Gasteiger partial charge in [0.1, 0.15) is 11.9 Å². The summed E-state index contributed by atoms with van der Waals surface area (Å²) in [6.45, 7) is 4.41. The Morgan fingerprint density at radius 1 is 1.15 bits per heavy atom. The SMILES string of the molecule is CCOc1ccc(/C=C/C(=O)OC(C)c2cnc3ccccc3c2)cc1. The molecule has 4 nitrogen and oxygen atoms in total. The number of ether oxygens (including phenoxy) is 2. The van der Waals surface area contributed by atoms with Gasteiger partial charge in [0.25, 0.3) is 0 Å². The van der Waals surface area contributed by atoms with Crippen LogP contribution in [0.4, 0.5) is 0 Å². The van der Waals surface area contributed by atoms with Crippen LogP contribution in [0.25, 0.3) is 17.0 Å². The van der Waals surface area contributed by atoms with Crippen LogP contribution >= 0.6 is 0 Å². The number of carbonyl (C=O) groups is 1. The molecule has 132 valence electrons. The second-order valence-electron chi connectivity index (χ2n) is 5.88. The number of esters is 1.